The molecule has 9 nitrogen and oxygen atoms in total. The summed E-state index contributed by atoms with van der Waals surface area (Å²) in [6.07, 6.45) is 2.83. The maximum Gasteiger partial charge on any atom is 0.248 e. The van der Waals surface area contributed by atoms with Gasteiger partial charge >= 0.3 is 0 Å². The fourth-order valence-corrected chi connectivity index (χ4v) is 4.08. The van der Waals surface area contributed by atoms with E-state index in [1.54, 1.807) is 12.1 Å². The third-order valence-corrected chi connectivity index (χ3v) is 7.21. The summed E-state index contributed by atoms with van der Waals surface area (Å²) in [4.78, 5) is 4.48. The zero-order chi connectivity index (χ0) is 23.8. The van der Waals surface area contributed by atoms with Gasteiger partial charge in [0.25, 0.3) is 0 Å². The van der Waals surface area contributed by atoms with Crippen LogP contribution in [0, 0.1) is 11.8 Å². The van der Waals surface area contributed by atoms with E-state index in [4.69, 9.17) is 10.2 Å². The summed E-state index contributed by atoms with van der Waals surface area (Å²) in [6.45, 7) is 4.82. The highest BCUT2D eigenvalue weighted by Gasteiger charge is 2.32. The number of aromatic nitrogens is 3. The molecule has 0 radical (unpaired) electrons. The summed E-state index contributed by atoms with van der Waals surface area (Å²) in [5.41, 5.74) is 7.28. The normalized spacial score (nSPS) is 19.1. The number of anilines is 2. The van der Waals surface area contributed by atoms with Gasteiger partial charge in [0, 0.05) is 19.2 Å². The third-order valence-electron chi connectivity index (χ3n) is 6.03. The van der Waals surface area contributed by atoms with Gasteiger partial charge in [0.1, 0.15) is 11.6 Å². The van der Waals surface area contributed by atoms with Crippen molar-refractivity contribution in [3.63, 3.8) is 0 Å². The fraction of sp³-hybridized carbons (Fsp3) is 0.435. The molecule has 1 fully saturated rings. The van der Waals surface area contributed by atoms with Crippen molar-refractivity contribution >= 4 is 34.1 Å². The highest BCUT2D eigenvalue weighted by Crippen LogP contribution is 2.38. The van der Waals surface area contributed by atoms with Gasteiger partial charge in [-0.25, -0.2) is 13.4 Å². The Balaban J connectivity index is 0.00000324. The van der Waals surface area contributed by atoms with Crippen LogP contribution in [0.25, 0.3) is 11.5 Å². The van der Waals surface area contributed by atoms with Crippen molar-refractivity contribution < 1.29 is 12.8 Å². The van der Waals surface area contributed by atoms with Crippen LogP contribution in [0.1, 0.15) is 31.7 Å². The average Bonchev–Trinajstić information content (AvgIpc) is 3.23. The number of pyridine rings is 1. The molecule has 4 rings (SSSR count). The number of nitrogens with one attached hydrogen (secondary N) is 1. The highest BCUT2D eigenvalue weighted by atomic mass is 35.5. The molecule has 0 amide bonds. The zero-order valence-electron chi connectivity index (χ0n) is 19.7. The lowest BCUT2D eigenvalue weighted by Crippen LogP contribution is -2.35. The van der Waals surface area contributed by atoms with Gasteiger partial charge in [0.2, 0.25) is 21.8 Å². The molecular formula is C23H31ClN6O3S. The van der Waals surface area contributed by atoms with Crippen molar-refractivity contribution in [3.8, 4) is 11.5 Å². The Bertz CT molecular complexity index is 1230. The molecule has 3 aromatic rings. The Kier molecular flexibility index (Phi) is 7.54. The van der Waals surface area contributed by atoms with Gasteiger partial charge in [-0.05, 0) is 49.3 Å². The number of nitrogens with two attached hydrogens (primary N) is 1. The van der Waals surface area contributed by atoms with Crippen LogP contribution in [-0.4, -0.2) is 43.4 Å². The molecule has 3 N–H and O–H groups in total. The van der Waals surface area contributed by atoms with Crippen LogP contribution in [-0.2, 0) is 22.0 Å². The van der Waals surface area contributed by atoms with Gasteiger partial charge in [0.15, 0.2) is 0 Å². The second kappa shape index (κ2) is 9.89. The molecule has 0 bridgehead atoms. The first-order valence-electron chi connectivity index (χ1n) is 10.9. The van der Waals surface area contributed by atoms with Gasteiger partial charge in [-0.1, -0.05) is 37.3 Å². The molecule has 1 saturated carbocycles. The molecular weight excluding hydrogens is 476 g/mol. The molecule has 184 valence electrons. The van der Waals surface area contributed by atoms with Crippen LogP contribution in [0.5, 0.6) is 0 Å². The Morgan fingerprint density at radius 1 is 1.24 bits per heavy atom. The van der Waals surface area contributed by atoms with Crippen LogP contribution in [0.4, 0.5) is 11.6 Å². The number of rotatable bonds is 9. The predicted molar refractivity (Wildman–Crippen MR) is 135 cm³/mol. The van der Waals surface area contributed by atoms with Gasteiger partial charge in [-0.2, -0.15) is 0 Å². The second-order valence-electron chi connectivity index (χ2n) is 9.18. The van der Waals surface area contributed by atoms with E-state index in [-0.39, 0.29) is 24.1 Å². The molecule has 1 aliphatic carbocycles. The van der Waals surface area contributed by atoms with Gasteiger partial charge < -0.3 is 15.5 Å². The summed E-state index contributed by atoms with van der Waals surface area (Å²) >= 11 is 0. The lowest BCUT2D eigenvalue weighted by atomic mass is 9.94. The maximum absolute atomic E-state index is 12.1. The van der Waals surface area contributed by atoms with Crippen molar-refractivity contribution in [1.29, 1.82) is 0 Å². The fourth-order valence-electron chi connectivity index (χ4n) is 3.65. The van der Waals surface area contributed by atoms with Crippen LogP contribution >= 0.6 is 12.4 Å². The Hall–Kier alpha value is -2.69. The van der Waals surface area contributed by atoms with Gasteiger partial charge in [-0.3, -0.25) is 4.31 Å². The summed E-state index contributed by atoms with van der Waals surface area (Å²) in [7, 11) is -2.03. The van der Waals surface area contributed by atoms with E-state index in [1.165, 1.54) is 13.5 Å². The number of hydrogen-bond donors (Lipinski definition) is 2. The molecule has 1 aliphatic rings. The lowest BCUT2D eigenvalue weighted by Gasteiger charge is -2.20. The first-order valence-corrected chi connectivity index (χ1v) is 12.7. The highest BCUT2D eigenvalue weighted by molar-refractivity contribution is 7.92. The van der Waals surface area contributed by atoms with E-state index in [1.807, 2.05) is 37.3 Å². The Labute approximate surface area is 206 Å². The minimum atomic E-state index is -3.50. The number of benzene rings is 1. The molecule has 0 spiro atoms. The molecule has 1 aromatic carbocycles. The number of hydrogen-bond acceptors (Lipinski definition) is 8. The molecule has 34 heavy (non-hydrogen) atoms. The monoisotopic (exact) mass is 506 g/mol. The van der Waals surface area contributed by atoms with Gasteiger partial charge in [0.05, 0.1) is 11.8 Å². The van der Waals surface area contributed by atoms with Crippen molar-refractivity contribution in [2.45, 2.75) is 32.2 Å². The quantitative estimate of drug-likeness (QED) is 0.451. The number of nitrogens with zero attached hydrogens (tertiary/aromatic N) is 4. The molecule has 11 heteroatoms. The summed E-state index contributed by atoms with van der Waals surface area (Å²) in [6, 6.07) is 13.3. The molecule has 0 aliphatic heterocycles. The molecule has 2 heterocycles. The van der Waals surface area contributed by atoms with E-state index in [2.05, 4.69) is 27.4 Å². The summed E-state index contributed by atoms with van der Waals surface area (Å²) in [5, 5.41) is 11.7. The van der Waals surface area contributed by atoms with Crippen molar-refractivity contribution in [1.82, 2.24) is 15.2 Å². The van der Waals surface area contributed by atoms with Crippen LogP contribution in [0.2, 0.25) is 0 Å². The smallest absolute Gasteiger partial charge is 0.248 e. The van der Waals surface area contributed by atoms with E-state index in [0.717, 1.165) is 22.7 Å². The van der Waals surface area contributed by atoms with Gasteiger partial charge in [-0.15, -0.1) is 22.6 Å². The van der Waals surface area contributed by atoms with Crippen LogP contribution in [0.3, 0.4) is 0 Å². The van der Waals surface area contributed by atoms with E-state index >= 15 is 0 Å². The standard InChI is InChI=1S/C23H30N6O3S.ClH/c1-15-10-18(15)14-25-19-11-17(12-20(26-19)29(3)33(4,30)31)21-27-28-22(32-21)23(2,24)13-16-8-6-5-7-9-16;/h5-9,11-12,15,18H,10,13-14,24H2,1-4H3,(H,25,26);1H/t15?,18?,23-;/m1./s1. The van der Waals surface area contributed by atoms with E-state index in [0.29, 0.717) is 35.5 Å². The largest absolute Gasteiger partial charge is 0.419 e. The first kappa shape index (κ1) is 25.9. The minimum absolute atomic E-state index is 0. The predicted octanol–water partition coefficient (Wildman–Crippen LogP) is 3.43. The van der Waals surface area contributed by atoms with E-state index in [9.17, 15) is 8.42 Å². The summed E-state index contributed by atoms with van der Waals surface area (Å²) in [5.74, 6) is 2.65. The molecule has 0 saturated heterocycles. The van der Waals surface area contributed by atoms with Crippen molar-refractivity contribution in [3.05, 3.63) is 53.9 Å². The minimum Gasteiger partial charge on any atom is -0.419 e. The lowest BCUT2D eigenvalue weighted by molar-refractivity contribution is 0.355. The third kappa shape index (κ3) is 6.05. The molecule has 2 aromatic heterocycles. The summed E-state index contributed by atoms with van der Waals surface area (Å²) < 4.78 is 31.3. The number of sulfonamides is 1. The second-order valence-corrected chi connectivity index (χ2v) is 11.2. The number of halogens is 1. The Morgan fingerprint density at radius 2 is 1.91 bits per heavy atom. The van der Waals surface area contributed by atoms with Crippen LogP contribution in [0.15, 0.2) is 46.9 Å². The Morgan fingerprint density at radius 3 is 2.53 bits per heavy atom. The van der Waals surface area contributed by atoms with Crippen molar-refractivity contribution in [2.75, 3.05) is 29.5 Å². The molecule has 2 unspecified atom stereocenters. The zero-order valence-corrected chi connectivity index (χ0v) is 21.4. The van der Waals surface area contributed by atoms with Crippen LogP contribution < -0.4 is 15.4 Å². The maximum atomic E-state index is 12.1. The topological polar surface area (TPSA) is 127 Å². The molecule has 3 atom stereocenters. The SMILES string of the molecule is CC1CC1CNc1cc(-c2nnc([C@](C)(N)Cc3ccccc3)o2)cc(N(C)S(C)(=O)=O)n1.Cl. The van der Waals surface area contributed by atoms with Crippen molar-refractivity contribution in [2.24, 2.45) is 17.6 Å². The average molecular weight is 507 g/mol. The first-order chi connectivity index (χ1) is 15.5. The van der Waals surface area contributed by atoms with E-state index < -0.39 is 15.6 Å².